The van der Waals surface area contributed by atoms with Crippen LogP contribution in [0, 0.1) is 6.92 Å². The van der Waals surface area contributed by atoms with E-state index in [1.807, 2.05) is 48.0 Å². The van der Waals surface area contributed by atoms with Gasteiger partial charge in [0.25, 0.3) is 5.56 Å². The topological polar surface area (TPSA) is 64.0 Å². The van der Waals surface area contributed by atoms with E-state index in [0.29, 0.717) is 22.3 Å². The molecule has 0 aliphatic carbocycles. The van der Waals surface area contributed by atoms with Gasteiger partial charge in [-0.3, -0.25) is 9.59 Å². The van der Waals surface area contributed by atoms with Crippen molar-refractivity contribution in [3.8, 4) is 0 Å². The minimum Gasteiger partial charge on any atom is -0.312 e. The van der Waals surface area contributed by atoms with Gasteiger partial charge >= 0.3 is 0 Å². The van der Waals surface area contributed by atoms with Crippen molar-refractivity contribution in [3.63, 3.8) is 0 Å². The first kappa shape index (κ1) is 19.9. The highest BCUT2D eigenvalue weighted by Crippen LogP contribution is 2.38. The molecule has 1 aromatic heterocycles. The third-order valence-corrected chi connectivity index (χ3v) is 7.00. The van der Waals surface area contributed by atoms with Crippen LogP contribution < -0.4 is 10.9 Å². The number of fused-ring (bicyclic) bond motifs is 1. The van der Waals surface area contributed by atoms with E-state index in [1.165, 1.54) is 22.9 Å². The van der Waals surface area contributed by atoms with Crippen molar-refractivity contribution in [3.05, 3.63) is 85.6 Å². The predicted molar refractivity (Wildman–Crippen MR) is 119 cm³/mol. The average Bonchev–Trinajstić information content (AvgIpc) is 2.70. The van der Waals surface area contributed by atoms with Gasteiger partial charge in [-0.1, -0.05) is 70.2 Å². The van der Waals surface area contributed by atoms with E-state index in [1.54, 1.807) is 0 Å². The summed E-state index contributed by atoms with van der Waals surface area (Å²) in [6.45, 7) is 2.07. The first-order valence-corrected chi connectivity index (χ1v) is 11.1. The Labute approximate surface area is 181 Å². The van der Waals surface area contributed by atoms with Crippen LogP contribution in [0.1, 0.15) is 34.6 Å². The van der Waals surface area contributed by atoms with Gasteiger partial charge in [-0.05, 0) is 29.7 Å². The van der Waals surface area contributed by atoms with Crippen LogP contribution in [-0.4, -0.2) is 15.5 Å². The van der Waals surface area contributed by atoms with Crippen LogP contribution in [0.25, 0.3) is 0 Å². The molecule has 3 aromatic rings. The number of halogens is 1. The van der Waals surface area contributed by atoms with Gasteiger partial charge in [0, 0.05) is 29.6 Å². The monoisotopic (exact) mass is 469 g/mol. The number of amides is 1. The molecular weight excluding hydrogens is 450 g/mol. The zero-order valence-electron chi connectivity index (χ0n) is 16.1. The molecule has 0 saturated carbocycles. The predicted octanol–water partition coefficient (Wildman–Crippen LogP) is 4.62. The molecule has 1 unspecified atom stereocenters. The van der Waals surface area contributed by atoms with Crippen LogP contribution in [-0.2, 0) is 17.6 Å². The van der Waals surface area contributed by atoms with Gasteiger partial charge in [-0.15, -0.1) is 0 Å². The molecule has 0 fully saturated rings. The number of rotatable bonds is 4. The van der Waals surface area contributed by atoms with Crippen molar-refractivity contribution in [2.75, 3.05) is 5.32 Å². The van der Waals surface area contributed by atoms with Crippen LogP contribution in [0.3, 0.4) is 0 Å². The van der Waals surface area contributed by atoms with E-state index in [0.717, 1.165) is 10.0 Å². The molecule has 1 aliphatic rings. The molecule has 1 aliphatic heterocycles. The molecular formula is C22H20BrN3O2S. The summed E-state index contributed by atoms with van der Waals surface area (Å²) < 4.78 is 2.70. The van der Waals surface area contributed by atoms with Crippen LogP contribution in [0.15, 0.2) is 63.0 Å². The second-order valence-corrected chi connectivity index (χ2v) is 8.86. The van der Waals surface area contributed by atoms with E-state index in [2.05, 4.69) is 45.3 Å². The van der Waals surface area contributed by atoms with Crippen LogP contribution in [0.4, 0.5) is 5.82 Å². The van der Waals surface area contributed by atoms with E-state index < -0.39 is 0 Å². The first-order chi connectivity index (χ1) is 14.0. The van der Waals surface area contributed by atoms with E-state index in [4.69, 9.17) is 0 Å². The summed E-state index contributed by atoms with van der Waals surface area (Å²) in [4.78, 5) is 29.8. The lowest BCUT2D eigenvalue weighted by atomic mass is 9.87. The smallest absolute Gasteiger partial charge is 0.279 e. The molecule has 148 valence electrons. The molecule has 7 heteroatoms. The fraction of sp³-hybridized carbons (Fsp3) is 0.227. The number of thioether (sulfide) groups is 1. The number of carbonyl (C=O) groups is 1. The highest BCUT2D eigenvalue weighted by Gasteiger charge is 2.33. The molecule has 2 heterocycles. The maximum absolute atomic E-state index is 13.0. The maximum atomic E-state index is 13.0. The van der Waals surface area contributed by atoms with Gasteiger partial charge in [0.15, 0.2) is 5.16 Å². The third-order valence-electron chi connectivity index (χ3n) is 5.20. The van der Waals surface area contributed by atoms with Gasteiger partial charge in [0.2, 0.25) is 5.91 Å². The lowest BCUT2D eigenvalue weighted by Gasteiger charge is -2.28. The molecule has 2 aromatic carbocycles. The number of hydrogen-bond donors (Lipinski definition) is 1. The molecule has 1 N–H and O–H groups in total. The normalized spacial score (nSPS) is 15.7. The summed E-state index contributed by atoms with van der Waals surface area (Å²) in [7, 11) is 1.84. The van der Waals surface area contributed by atoms with Gasteiger partial charge in [0.1, 0.15) is 5.82 Å². The Morgan fingerprint density at radius 2 is 1.90 bits per heavy atom. The number of aromatic nitrogens is 2. The minimum absolute atomic E-state index is 0.102. The van der Waals surface area contributed by atoms with Crippen molar-refractivity contribution in [1.82, 2.24) is 9.55 Å². The number of hydrogen-bond acceptors (Lipinski definition) is 4. The number of carbonyl (C=O) groups excluding carboxylic acids is 1. The standard InChI is InChI=1S/C22H20BrN3O2S/c1-13-7-3-4-8-14(13)12-29-22-25-21(28)19-16(15-9-5-6-10-17(15)23)11-18(27)24-20(19)26(22)2/h3-10,16H,11-12H2,1-2H3,(H,24,27). The van der Waals surface area contributed by atoms with Crippen molar-refractivity contribution < 1.29 is 4.79 Å². The SMILES string of the molecule is Cc1ccccc1CSc1nc(=O)c2c(n1C)NC(=O)CC2c1ccccc1Br. The molecule has 4 rings (SSSR count). The zero-order chi connectivity index (χ0) is 20.5. The fourth-order valence-corrected chi connectivity index (χ4v) is 5.20. The van der Waals surface area contributed by atoms with Crippen molar-refractivity contribution in [1.29, 1.82) is 0 Å². The molecule has 5 nitrogen and oxygen atoms in total. The number of anilines is 1. The Balaban J connectivity index is 1.75. The van der Waals surface area contributed by atoms with Gasteiger partial charge in [-0.25, -0.2) is 0 Å². The number of benzene rings is 2. The van der Waals surface area contributed by atoms with Crippen LogP contribution in [0.2, 0.25) is 0 Å². The Hall–Kier alpha value is -2.38. The summed E-state index contributed by atoms with van der Waals surface area (Å²) in [5, 5.41) is 3.48. The van der Waals surface area contributed by atoms with E-state index in [9.17, 15) is 9.59 Å². The molecule has 0 bridgehead atoms. The Morgan fingerprint density at radius 1 is 1.17 bits per heavy atom. The summed E-state index contributed by atoms with van der Waals surface area (Å²) in [6.07, 6.45) is 0.224. The second kappa shape index (κ2) is 8.16. The Morgan fingerprint density at radius 3 is 2.66 bits per heavy atom. The fourth-order valence-electron chi connectivity index (χ4n) is 3.60. The Bertz CT molecular complexity index is 1160. The quantitative estimate of drug-likeness (QED) is 0.447. The lowest BCUT2D eigenvalue weighted by molar-refractivity contribution is -0.116. The molecule has 0 radical (unpaired) electrons. The van der Waals surface area contributed by atoms with Crippen molar-refractivity contribution in [2.24, 2.45) is 7.05 Å². The highest BCUT2D eigenvalue weighted by atomic mass is 79.9. The average molecular weight is 470 g/mol. The van der Waals surface area contributed by atoms with E-state index >= 15 is 0 Å². The Kier molecular flexibility index (Phi) is 5.61. The van der Waals surface area contributed by atoms with Crippen molar-refractivity contribution >= 4 is 39.4 Å². The number of aryl methyl sites for hydroxylation is 1. The number of nitrogens with one attached hydrogen (secondary N) is 1. The summed E-state index contributed by atoms with van der Waals surface area (Å²) in [6, 6.07) is 15.8. The van der Waals surface area contributed by atoms with Crippen LogP contribution >= 0.6 is 27.7 Å². The molecule has 29 heavy (non-hydrogen) atoms. The first-order valence-electron chi connectivity index (χ1n) is 9.28. The zero-order valence-corrected chi connectivity index (χ0v) is 18.5. The molecule has 0 saturated heterocycles. The van der Waals surface area contributed by atoms with Crippen LogP contribution in [0.5, 0.6) is 0 Å². The summed E-state index contributed by atoms with van der Waals surface area (Å²) in [5.41, 5.74) is 3.57. The largest absolute Gasteiger partial charge is 0.312 e. The maximum Gasteiger partial charge on any atom is 0.279 e. The molecule has 1 atom stereocenters. The molecule has 1 amide bonds. The summed E-state index contributed by atoms with van der Waals surface area (Å²) >= 11 is 5.05. The highest BCUT2D eigenvalue weighted by molar-refractivity contribution is 9.10. The van der Waals surface area contributed by atoms with Gasteiger partial charge in [-0.2, -0.15) is 4.98 Å². The van der Waals surface area contributed by atoms with Gasteiger partial charge in [0.05, 0.1) is 5.56 Å². The molecule has 0 spiro atoms. The lowest BCUT2D eigenvalue weighted by Crippen LogP contribution is -2.33. The number of nitrogens with zero attached hydrogens (tertiary/aromatic N) is 2. The summed E-state index contributed by atoms with van der Waals surface area (Å²) in [5.74, 6) is 0.812. The van der Waals surface area contributed by atoms with E-state index in [-0.39, 0.29) is 23.8 Å². The third kappa shape index (κ3) is 3.89. The second-order valence-electron chi connectivity index (χ2n) is 7.06. The van der Waals surface area contributed by atoms with Gasteiger partial charge < -0.3 is 9.88 Å². The van der Waals surface area contributed by atoms with Crippen molar-refractivity contribution in [2.45, 2.75) is 30.2 Å². The minimum atomic E-state index is -0.323.